The number of carbonyl (C=O) groups excluding carboxylic acids is 1. The number of halogens is 1. The molecule has 0 spiro atoms. The van der Waals surface area contributed by atoms with E-state index < -0.39 is 0 Å². The summed E-state index contributed by atoms with van der Waals surface area (Å²) in [6, 6.07) is 15.5. The van der Waals surface area contributed by atoms with Crippen LogP contribution in [0.3, 0.4) is 0 Å². The fraction of sp³-hybridized carbons (Fsp3) is 0.346. The smallest absolute Gasteiger partial charge is 0.227 e. The third kappa shape index (κ3) is 3.76. The van der Waals surface area contributed by atoms with Crippen LogP contribution >= 0.6 is 11.3 Å². The van der Waals surface area contributed by atoms with Crippen molar-refractivity contribution < 1.29 is 9.18 Å². The molecule has 2 aromatic carbocycles. The van der Waals surface area contributed by atoms with Crippen LogP contribution in [0.25, 0.3) is 20.3 Å². The molecule has 1 amide bonds. The second-order valence-electron chi connectivity index (χ2n) is 9.02. The highest BCUT2D eigenvalue weighted by Gasteiger charge is 2.32. The number of carbonyl (C=O) groups is 1. The first-order chi connectivity index (χ1) is 16.7. The Morgan fingerprint density at radius 1 is 0.941 bits per heavy atom. The van der Waals surface area contributed by atoms with Gasteiger partial charge >= 0.3 is 0 Å². The van der Waals surface area contributed by atoms with Crippen LogP contribution in [-0.2, 0) is 4.79 Å². The third-order valence-corrected chi connectivity index (χ3v) is 8.13. The van der Waals surface area contributed by atoms with Crippen LogP contribution in [0.15, 0.2) is 54.9 Å². The Labute approximate surface area is 201 Å². The lowest BCUT2D eigenvalue weighted by Gasteiger charge is -2.40. The average Bonchev–Trinajstić information content (AvgIpc) is 3.29. The van der Waals surface area contributed by atoms with E-state index in [0.717, 1.165) is 60.8 Å². The lowest BCUT2D eigenvalue weighted by molar-refractivity contribution is -0.136. The maximum Gasteiger partial charge on any atom is 0.227 e. The highest BCUT2D eigenvalue weighted by Crippen LogP contribution is 2.39. The van der Waals surface area contributed by atoms with E-state index in [1.54, 1.807) is 6.07 Å². The molecule has 1 atom stereocenters. The summed E-state index contributed by atoms with van der Waals surface area (Å²) in [4.78, 5) is 29.0. The van der Waals surface area contributed by atoms with Crippen LogP contribution in [-0.4, -0.2) is 60.0 Å². The first-order valence-electron chi connectivity index (χ1n) is 11.8. The minimum atomic E-state index is -0.255. The van der Waals surface area contributed by atoms with Crippen LogP contribution in [0, 0.1) is 11.7 Å². The van der Waals surface area contributed by atoms with Crippen LogP contribution in [0.2, 0.25) is 0 Å². The Morgan fingerprint density at radius 2 is 1.76 bits per heavy atom. The van der Waals surface area contributed by atoms with E-state index >= 15 is 0 Å². The maximum absolute atomic E-state index is 14.5. The molecule has 0 N–H and O–H groups in total. The number of para-hydroxylation sites is 1. The van der Waals surface area contributed by atoms with Crippen molar-refractivity contribution in [2.24, 2.45) is 5.92 Å². The van der Waals surface area contributed by atoms with Crippen LogP contribution < -0.4 is 9.80 Å². The molecule has 2 aromatic heterocycles. The number of benzene rings is 2. The Kier molecular flexibility index (Phi) is 5.53. The molecule has 174 valence electrons. The van der Waals surface area contributed by atoms with Gasteiger partial charge in [0.05, 0.1) is 21.5 Å². The molecule has 8 heteroatoms. The number of anilines is 2. The van der Waals surface area contributed by atoms with Crippen LogP contribution in [0.5, 0.6) is 0 Å². The average molecular weight is 476 g/mol. The summed E-state index contributed by atoms with van der Waals surface area (Å²) in [5.41, 5.74) is 1.87. The zero-order chi connectivity index (χ0) is 23.1. The Bertz CT molecular complexity index is 1340. The topological polar surface area (TPSA) is 52.6 Å². The van der Waals surface area contributed by atoms with E-state index in [-0.39, 0.29) is 17.6 Å². The first-order valence-corrected chi connectivity index (χ1v) is 12.7. The summed E-state index contributed by atoms with van der Waals surface area (Å²) in [5, 5.41) is 0.562. The highest BCUT2D eigenvalue weighted by molar-refractivity contribution is 7.26. The number of hydrogen-bond acceptors (Lipinski definition) is 6. The lowest BCUT2D eigenvalue weighted by Crippen LogP contribution is -2.52. The summed E-state index contributed by atoms with van der Waals surface area (Å²) < 4.78 is 16.3. The molecule has 2 saturated heterocycles. The van der Waals surface area contributed by atoms with Gasteiger partial charge in [0.2, 0.25) is 5.91 Å². The highest BCUT2D eigenvalue weighted by atomic mass is 32.1. The molecule has 6 nitrogen and oxygen atoms in total. The molecule has 34 heavy (non-hydrogen) atoms. The monoisotopic (exact) mass is 475 g/mol. The van der Waals surface area contributed by atoms with E-state index in [9.17, 15) is 9.18 Å². The van der Waals surface area contributed by atoms with Gasteiger partial charge in [-0.3, -0.25) is 4.79 Å². The van der Waals surface area contributed by atoms with E-state index in [2.05, 4.69) is 44.0 Å². The molecular weight excluding hydrogens is 449 g/mol. The third-order valence-electron chi connectivity index (χ3n) is 6.99. The molecule has 2 aliphatic rings. The van der Waals surface area contributed by atoms with Gasteiger partial charge in [-0.15, -0.1) is 11.3 Å². The number of aromatic nitrogens is 2. The van der Waals surface area contributed by atoms with Crippen molar-refractivity contribution in [3.05, 3.63) is 60.7 Å². The number of piperazine rings is 1. The summed E-state index contributed by atoms with van der Waals surface area (Å²) in [7, 11) is 0. The summed E-state index contributed by atoms with van der Waals surface area (Å²) in [6.07, 6.45) is 3.35. The fourth-order valence-electron chi connectivity index (χ4n) is 5.24. The number of hydrogen-bond donors (Lipinski definition) is 0. The van der Waals surface area contributed by atoms with Gasteiger partial charge in [0.1, 0.15) is 18.0 Å². The van der Waals surface area contributed by atoms with Gasteiger partial charge in [0, 0.05) is 49.7 Å². The molecule has 1 unspecified atom stereocenters. The minimum absolute atomic E-state index is 0.0480. The minimum Gasteiger partial charge on any atom is -0.368 e. The summed E-state index contributed by atoms with van der Waals surface area (Å²) >= 11 is 1.52. The molecule has 4 aromatic rings. The zero-order valence-electron chi connectivity index (χ0n) is 18.9. The van der Waals surface area contributed by atoms with Crippen molar-refractivity contribution in [2.75, 3.05) is 49.1 Å². The summed E-state index contributed by atoms with van der Waals surface area (Å²) in [5.74, 6) is 0.755. The quantitative estimate of drug-likeness (QED) is 0.435. The largest absolute Gasteiger partial charge is 0.368 e. The van der Waals surface area contributed by atoms with Crippen molar-refractivity contribution in [3.8, 4) is 0 Å². The van der Waals surface area contributed by atoms with Gasteiger partial charge < -0.3 is 14.7 Å². The Balaban J connectivity index is 1.19. The van der Waals surface area contributed by atoms with Crippen molar-refractivity contribution in [2.45, 2.75) is 12.8 Å². The van der Waals surface area contributed by atoms with Gasteiger partial charge in [0.15, 0.2) is 0 Å². The van der Waals surface area contributed by atoms with Crippen molar-refractivity contribution in [1.82, 2.24) is 14.9 Å². The number of amides is 1. The van der Waals surface area contributed by atoms with Crippen molar-refractivity contribution >= 4 is 49.1 Å². The predicted molar refractivity (Wildman–Crippen MR) is 135 cm³/mol. The van der Waals surface area contributed by atoms with Crippen molar-refractivity contribution in [1.29, 1.82) is 0 Å². The molecule has 0 bridgehead atoms. The number of piperidine rings is 1. The molecule has 2 aliphatic heterocycles. The Hall–Kier alpha value is -3.26. The van der Waals surface area contributed by atoms with Gasteiger partial charge in [-0.2, -0.15) is 0 Å². The van der Waals surface area contributed by atoms with Crippen molar-refractivity contribution in [3.63, 3.8) is 0 Å². The van der Waals surface area contributed by atoms with Gasteiger partial charge in [-0.1, -0.05) is 24.3 Å². The second-order valence-corrected chi connectivity index (χ2v) is 10.1. The second kappa shape index (κ2) is 8.83. The molecule has 2 fully saturated rings. The fourth-order valence-corrected chi connectivity index (χ4v) is 6.43. The predicted octanol–water partition coefficient (Wildman–Crippen LogP) is 4.55. The number of rotatable bonds is 3. The first kappa shape index (κ1) is 21.3. The molecule has 0 saturated carbocycles. The number of thiophene rings is 1. The zero-order valence-corrected chi connectivity index (χ0v) is 19.7. The van der Waals surface area contributed by atoms with Gasteiger partial charge in [0.25, 0.3) is 0 Å². The van der Waals surface area contributed by atoms with Crippen LogP contribution in [0.4, 0.5) is 15.9 Å². The molecule has 4 heterocycles. The van der Waals surface area contributed by atoms with Gasteiger partial charge in [-0.25, -0.2) is 14.4 Å². The van der Waals surface area contributed by atoms with E-state index in [0.29, 0.717) is 17.4 Å². The number of nitrogens with zero attached hydrogens (tertiary/aromatic N) is 5. The van der Waals surface area contributed by atoms with E-state index in [1.165, 1.54) is 29.4 Å². The lowest BCUT2D eigenvalue weighted by atomic mass is 9.96. The number of fused-ring (bicyclic) bond motifs is 3. The van der Waals surface area contributed by atoms with Crippen LogP contribution in [0.1, 0.15) is 12.8 Å². The Morgan fingerprint density at radius 3 is 2.59 bits per heavy atom. The van der Waals surface area contributed by atoms with E-state index in [4.69, 9.17) is 0 Å². The molecule has 6 rings (SSSR count). The molecule has 0 aliphatic carbocycles. The normalized spacial score (nSPS) is 19.2. The summed E-state index contributed by atoms with van der Waals surface area (Å²) in [6.45, 7) is 4.68. The maximum atomic E-state index is 14.5. The standard InChI is InChI=1S/C26H26FN5OS/c27-20-9-4-10-21-22(20)23-24(34-21)25(29-17-28-23)32-11-5-6-18(16-32)26(33)31-14-12-30(13-15-31)19-7-2-1-3-8-19/h1-4,7-10,17-18H,5-6,11-16H2. The SMILES string of the molecule is O=C(C1CCCN(c2ncnc3c2sc2cccc(F)c23)C1)N1CCN(c2ccccc2)CC1. The molecular formula is C26H26FN5OS. The van der Waals surface area contributed by atoms with E-state index in [1.807, 2.05) is 17.0 Å². The molecule has 0 radical (unpaired) electrons. The van der Waals surface area contributed by atoms with Gasteiger partial charge in [-0.05, 0) is 37.1 Å².